The van der Waals surface area contributed by atoms with Crippen LogP contribution in [0.3, 0.4) is 0 Å². The molecule has 1 atom stereocenters. The molecule has 0 bridgehead atoms. The van der Waals surface area contributed by atoms with Crippen molar-refractivity contribution in [1.29, 1.82) is 0 Å². The van der Waals surface area contributed by atoms with Gasteiger partial charge >= 0.3 is 0 Å². The summed E-state index contributed by atoms with van der Waals surface area (Å²) >= 11 is 12.2. The molecule has 1 amide bonds. The maximum Gasteiger partial charge on any atom is 0.237 e. The number of amides is 1. The predicted molar refractivity (Wildman–Crippen MR) is 90.0 cm³/mol. The van der Waals surface area contributed by atoms with Crippen molar-refractivity contribution in [2.75, 3.05) is 29.0 Å². The van der Waals surface area contributed by atoms with E-state index >= 15 is 0 Å². The maximum atomic E-state index is 12.6. The molecule has 3 N–H and O–H groups in total. The minimum absolute atomic E-state index is 0.0442. The zero-order chi connectivity index (χ0) is 16.2. The third-order valence-electron chi connectivity index (χ3n) is 4.48. The molecule has 0 aliphatic carbocycles. The van der Waals surface area contributed by atoms with Crippen LogP contribution in [0.2, 0.25) is 10.0 Å². The van der Waals surface area contributed by atoms with Gasteiger partial charge in [-0.05, 0) is 30.2 Å². The normalized spacial score (nSPS) is 22.5. The Hall–Kier alpha value is -2.05. The third-order valence-corrected chi connectivity index (χ3v) is 5.20. The van der Waals surface area contributed by atoms with Crippen molar-refractivity contribution in [2.24, 2.45) is 0 Å². The molecule has 6 nitrogen and oxygen atoms in total. The molecule has 2 aliphatic heterocycles. The molecule has 118 valence electrons. The van der Waals surface area contributed by atoms with Crippen molar-refractivity contribution < 1.29 is 4.79 Å². The van der Waals surface area contributed by atoms with Gasteiger partial charge < -0.3 is 16.0 Å². The topological polar surface area (TPSA) is 84.1 Å². The second-order valence-corrected chi connectivity index (χ2v) is 6.62. The summed E-state index contributed by atoms with van der Waals surface area (Å²) in [5, 5.41) is 3.78. The Balaban J connectivity index is 1.74. The van der Waals surface area contributed by atoms with Gasteiger partial charge in [0.05, 0.1) is 15.5 Å². The maximum absolute atomic E-state index is 12.6. The number of anilines is 3. The highest BCUT2D eigenvalue weighted by molar-refractivity contribution is 6.42. The number of halogens is 2. The molecule has 2 aromatic rings. The molecule has 23 heavy (non-hydrogen) atoms. The van der Waals surface area contributed by atoms with Gasteiger partial charge in [0, 0.05) is 25.0 Å². The van der Waals surface area contributed by atoms with Crippen LogP contribution in [0.4, 0.5) is 17.5 Å². The van der Waals surface area contributed by atoms with E-state index < -0.39 is 5.41 Å². The van der Waals surface area contributed by atoms with Crippen molar-refractivity contribution >= 4 is 46.6 Å². The van der Waals surface area contributed by atoms with Crippen molar-refractivity contribution in [3.63, 3.8) is 0 Å². The van der Waals surface area contributed by atoms with Crippen LogP contribution < -0.4 is 16.0 Å². The number of hydrogen-bond donors (Lipinski definition) is 2. The van der Waals surface area contributed by atoms with E-state index in [2.05, 4.69) is 15.3 Å². The monoisotopic (exact) mass is 349 g/mol. The molecule has 0 radical (unpaired) electrons. The molecular weight excluding hydrogens is 337 g/mol. The zero-order valence-electron chi connectivity index (χ0n) is 12.0. The first-order valence-corrected chi connectivity index (χ1v) is 7.90. The lowest BCUT2D eigenvalue weighted by atomic mass is 9.81. The lowest BCUT2D eigenvalue weighted by Gasteiger charge is -2.22. The zero-order valence-corrected chi connectivity index (χ0v) is 13.5. The molecule has 1 aromatic carbocycles. The molecule has 0 unspecified atom stereocenters. The van der Waals surface area contributed by atoms with Gasteiger partial charge in [-0.25, -0.2) is 4.98 Å². The molecule has 1 saturated heterocycles. The van der Waals surface area contributed by atoms with Crippen LogP contribution in [0, 0.1) is 0 Å². The molecule has 1 spiro atoms. The fraction of sp³-hybridized carbons (Fsp3) is 0.267. The summed E-state index contributed by atoms with van der Waals surface area (Å²) in [6, 6.07) is 5.11. The number of rotatable bonds is 1. The molecule has 8 heteroatoms. The van der Waals surface area contributed by atoms with E-state index in [1.165, 1.54) is 0 Å². The van der Waals surface area contributed by atoms with Crippen LogP contribution in [-0.4, -0.2) is 29.0 Å². The molecule has 1 fully saturated rings. The Labute approximate surface area is 142 Å². The molecule has 0 saturated carbocycles. The van der Waals surface area contributed by atoms with E-state index in [4.69, 9.17) is 28.9 Å². The van der Waals surface area contributed by atoms with E-state index in [9.17, 15) is 4.79 Å². The van der Waals surface area contributed by atoms with Gasteiger partial charge in [0.1, 0.15) is 5.82 Å². The van der Waals surface area contributed by atoms with Gasteiger partial charge in [0.2, 0.25) is 11.9 Å². The van der Waals surface area contributed by atoms with Crippen molar-refractivity contribution in [2.45, 2.75) is 11.8 Å². The van der Waals surface area contributed by atoms with Gasteiger partial charge in [0.15, 0.2) is 0 Å². The minimum Gasteiger partial charge on any atom is -0.384 e. The average Bonchev–Trinajstić information content (AvgIpc) is 3.06. The number of nitrogens with two attached hydrogens (primary N) is 1. The van der Waals surface area contributed by atoms with E-state index in [-0.39, 0.29) is 5.91 Å². The molecule has 4 rings (SSSR count). The summed E-state index contributed by atoms with van der Waals surface area (Å²) in [4.78, 5) is 23.1. The fourth-order valence-electron chi connectivity index (χ4n) is 3.31. The number of aromatic nitrogens is 2. The lowest BCUT2D eigenvalue weighted by molar-refractivity contribution is -0.120. The van der Waals surface area contributed by atoms with Gasteiger partial charge in [-0.15, -0.1) is 0 Å². The molecular formula is C15H13Cl2N5O. The van der Waals surface area contributed by atoms with Gasteiger partial charge in [-0.3, -0.25) is 4.79 Å². The predicted octanol–water partition coefficient (Wildman–Crippen LogP) is 2.47. The molecule has 1 aromatic heterocycles. The number of benzene rings is 1. The smallest absolute Gasteiger partial charge is 0.237 e. The number of fused-ring (bicyclic) bond motifs is 2. The first-order chi connectivity index (χ1) is 11.0. The Bertz CT molecular complexity index is 828. The second-order valence-electron chi connectivity index (χ2n) is 5.80. The van der Waals surface area contributed by atoms with Crippen LogP contribution in [0.5, 0.6) is 0 Å². The summed E-state index contributed by atoms with van der Waals surface area (Å²) in [6.45, 7) is 1.14. The number of nitrogens with one attached hydrogen (secondary N) is 1. The summed E-state index contributed by atoms with van der Waals surface area (Å²) in [6.07, 6.45) is 2.27. The Kier molecular flexibility index (Phi) is 3.14. The first-order valence-electron chi connectivity index (χ1n) is 7.14. The number of nitrogens with zero attached hydrogens (tertiary/aromatic N) is 3. The van der Waals surface area contributed by atoms with Crippen LogP contribution in [0.25, 0.3) is 0 Å². The number of nitrogen functional groups attached to an aromatic ring is 1. The Morgan fingerprint density at radius 1 is 1.30 bits per heavy atom. The van der Waals surface area contributed by atoms with Crippen LogP contribution in [0.1, 0.15) is 12.0 Å². The van der Waals surface area contributed by atoms with E-state index in [0.717, 1.165) is 11.3 Å². The van der Waals surface area contributed by atoms with Crippen LogP contribution in [0.15, 0.2) is 24.4 Å². The third kappa shape index (κ3) is 2.13. The second kappa shape index (κ2) is 4.97. The van der Waals surface area contributed by atoms with Crippen molar-refractivity contribution in [1.82, 2.24) is 9.97 Å². The Morgan fingerprint density at radius 2 is 2.09 bits per heavy atom. The quantitative estimate of drug-likeness (QED) is 0.825. The Morgan fingerprint density at radius 3 is 2.87 bits per heavy atom. The molecule has 2 aliphatic rings. The highest BCUT2D eigenvalue weighted by Gasteiger charge is 2.52. The van der Waals surface area contributed by atoms with Crippen LogP contribution >= 0.6 is 23.2 Å². The van der Waals surface area contributed by atoms with Gasteiger partial charge in [-0.2, -0.15) is 4.98 Å². The van der Waals surface area contributed by atoms with Crippen LogP contribution in [-0.2, 0) is 10.2 Å². The average molecular weight is 350 g/mol. The summed E-state index contributed by atoms with van der Waals surface area (Å²) in [5.74, 6) is 0.891. The highest BCUT2D eigenvalue weighted by atomic mass is 35.5. The highest BCUT2D eigenvalue weighted by Crippen LogP contribution is 2.47. The number of carbonyl (C=O) groups is 1. The van der Waals surface area contributed by atoms with E-state index in [0.29, 0.717) is 41.3 Å². The van der Waals surface area contributed by atoms with Gasteiger partial charge in [0.25, 0.3) is 0 Å². The summed E-state index contributed by atoms with van der Waals surface area (Å²) in [7, 11) is 0. The standard InChI is InChI=1S/C15H13Cl2N5O/c16-9-5-8-11(6-10(9)17)20-13(23)15(8)2-4-22(7-15)14-19-3-1-12(18)21-14/h1,3,5-6H,2,4,7H2,(H,20,23)(H2,18,19,21)/t15-/m1/s1. The van der Waals surface area contributed by atoms with Crippen molar-refractivity contribution in [3.05, 3.63) is 40.0 Å². The van der Waals surface area contributed by atoms with E-state index in [1.807, 2.05) is 4.90 Å². The van der Waals surface area contributed by atoms with Gasteiger partial charge in [-0.1, -0.05) is 23.2 Å². The molecule has 3 heterocycles. The SMILES string of the molecule is Nc1ccnc(N2CC[C@]3(C2)C(=O)Nc2cc(Cl)c(Cl)cc23)n1. The minimum atomic E-state index is -0.655. The number of hydrogen-bond acceptors (Lipinski definition) is 5. The van der Waals surface area contributed by atoms with E-state index in [1.54, 1.807) is 24.4 Å². The van der Waals surface area contributed by atoms with Crippen molar-refractivity contribution in [3.8, 4) is 0 Å². The summed E-state index contributed by atoms with van der Waals surface area (Å²) < 4.78 is 0. The largest absolute Gasteiger partial charge is 0.384 e. The summed E-state index contributed by atoms with van der Waals surface area (Å²) in [5.41, 5.74) is 6.67. The fourth-order valence-corrected chi connectivity index (χ4v) is 3.64. The first kappa shape index (κ1) is 14.5. The lowest BCUT2D eigenvalue weighted by Crippen LogP contribution is -2.38. The number of carbonyl (C=O) groups excluding carboxylic acids is 1.